The average Bonchev–Trinajstić information content (AvgIpc) is 2.24. The molecule has 0 radical (unpaired) electrons. The third-order valence-corrected chi connectivity index (χ3v) is 0.858. The van der Waals surface area contributed by atoms with Crippen molar-refractivity contribution in [1.82, 2.24) is 0 Å². The van der Waals surface area contributed by atoms with Crippen molar-refractivity contribution in [2.75, 3.05) is 0 Å². The Balaban J connectivity index is 0.000000222. The van der Waals surface area contributed by atoms with E-state index in [2.05, 4.69) is 13.2 Å². The van der Waals surface area contributed by atoms with Crippen molar-refractivity contribution in [2.45, 2.75) is 12.8 Å². The van der Waals surface area contributed by atoms with Crippen LogP contribution in [0.4, 0.5) is 0 Å². The van der Waals surface area contributed by atoms with Gasteiger partial charge in [0.05, 0.1) is 0 Å². The van der Waals surface area contributed by atoms with Crippen LogP contribution in [0.25, 0.3) is 0 Å². The lowest BCUT2D eigenvalue weighted by Crippen LogP contribution is -1.83. The van der Waals surface area contributed by atoms with E-state index in [0.29, 0.717) is 18.6 Å². The molecule has 1 heteroatoms. The Hall–Kier alpha value is -0.850. The van der Waals surface area contributed by atoms with Crippen molar-refractivity contribution in [1.29, 1.82) is 0 Å². The van der Waals surface area contributed by atoms with E-state index in [-0.39, 0.29) is 0 Å². The van der Waals surface area contributed by atoms with Gasteiger partial charge < -0.3 is 0 Å². The number of hydrogen-bond donors (Lipinski definition) is 0. The van der Waals surface area contributed by atoms with Gasteiger partial charge in [0, 0.05) is 12.8 Å². The second-order valence-electron chi connectivity index (χ2n) is 1.42. The Morgan fingerprint density at radius 3 is 1.75 bits per heavy atom. The molecule has 0 aromatic carbocycles. The van der Waals surface area contributed by atoms with Crippen LogP contribution in [-0.4, -0.2) is 5.78 Å². The molecule has 0 aromatic heterocycles. The van der Waals surface area contributed by atoms with E-state index in [1.54, 1.807) is 0 Å². The maximum atomic E-state index is 10.2. The summed E-state index contributed by atoms with van der Waals surface area (Å²) in [7, 11) is 0. The summed E-state index contributed by atoms with van der Waals surface area (Å²) in [5.74, 6) is 0.343. The summed E-state index contributed by atoms with van der Waals surface area (Å²) in [6.45, 7) is 6.00. The van der Waals surface area contributed by atoms with Gasteiger partial charge in [0.25, 0.3) is 0 Å². The van der Waals surface area contributed by atoms with Crippen LogP contribution >= 0.6 is 0 Å². The zero-order chi connectivity index (χ0) is 6.41. The van der Waals surface area contributed by atoms with Gasteiger partial charge in [-0.3, -0.25) is 4.79 Å². The number of allylic oxidation sites excluding steroid dienone is 2. The van der Waals surface area contributed by atoms with Crippen molar-refractivity contribution < 1.29 is 4.79 Å². The Bertz CT molecular complexity index is 93.0. The van der Waals surface area contributed by atoms with E-state index < -0.39 is 0 Å². The molecule has 1 rings (SSSR count). The highest BCUT2D eigenvalue weighted by molar-refractivity contribution is 5.83. The van der Waals surface area contributed by atoms with Crippen LogP contribution in [0.15, 0.2) is 25.3 Å². The van der Waals surface area contributed by atoms with Gasteiger partial charge in [-0.1, -0.05) is 12.2 Å². The number of carbonyl (C=O) groups excluding carboxylic acids is 1. The summed E-state index contributed by atoms with van der Waals surface area (Å²) in [5, 5.41) is 0. The second-order valence-corrected chi connectivity index (χ2v) is 1.42. The van der Waals surface area contributed by atoms with Gasteiger partial charge in [-0.25, -0.2) is 0 Å². The van der Waals surface area contributed by atoms with Crippen LogP contribution in [0, 0.1) is 0 Å². The van der Waals surface area contributed by atoms with Crippen LogP contribution in [0.2, 0.25) is 0 Å². The van der Waals surface area contributed by atoms with E-state index >= 15 is 0 Å². The molecule has 0 amide bonds. The Kier molecular flexibility index (Phi) is 3.85. The number of Topliss-reactive ketones (excluding diaryl/α,β-unsaturated/α-hetero) is 1. The maximum absolute atomic E-state index is 10.2. The second kappa shape index (κ2) is 4.31. The standard InChI is InChI=1S/C5H6O.C2H4/c6-5-3-1-2-4-5;1-2/h1-2H,3-4H2;1-2H2. The minimum atomic E-state index is 0.343. The maximum Gasteiger partial charge on any atom is 0.140 e. The van der Waals surface area contributed by atoms with Crippen molar-refractivity contribution in [3.05, 3.63) is 25.3 Å². The third kappa shape index (κ3) is 2.35. The van der Waals surface area contributed by atoms with Gasteiger partial charge in [0.2, 0.25) is 0 Å². The average molecular weight is 110 g/mol. The first-order valence-electron chi connectivity index (χ1n) is 2.56. The normalized spacial score (nSPS) is 15.2. The first-order chi connectivity index (χ1) is 3.89. The SMILES string of the molecule is C=C.O=C1CC=CC1. The first-order valence-corrected chi connectivity index (χ1v) is 2.56. The highest BCUT2D eigenvalue weighted by atomic mass is 16.1. The van der Waals surface area contributed by atoms with Crippen molar-refractivity contribution in [3.63, 3.8) is 0 Å². The summed E-state index contributed by atoms with van der Waals surface area (Å²) < 4.78 is 0. The van der Waals surface area contributed by atoms with Crippen molar-refractivity contribution >= 4 is 5.78 Å². The van der Waals surface area contributed by atoms with E-state index in [1.165, 1.54) is 0 Å². The summed E-state index contributed by atoms with van der Waals surface area (Å²) in [6, 6.07) is 0. The molecular formula is C7H10O. The molecule has 0 aliphatic heterocycles. The van der Waals surface area contributed by atoms with Crippen LogP contribution in [0.5, 0.6) is 0 Å². The van der Waals surface area contributed by atoms with Gasteiger partial charge in [0.1, 0.15) is 5.78 Å². The van der Waals surface area contributed by atoms with Crippen LogP contribution in [-0.2, 0) is 4.79 Å². The highest BCUT2D eigenvalue weighted by Gasteiger charge is 1.99. The topological polar surface area (TPSA) is 17.1 Å². The lowest BCUT2D eigenvalue weighted by Gasteiger charge is -1.72. The predicted molar refractivity (Wildman–Crippen MR) is 34.6 cm³/mol. The van der Waals surface area contributed by atoms with Crippen LogP contribution in [0.3, 0.4) is 0 Å². The zero-order valence-electron chi connectivity index (χ0n) is 4.89. The number of hydrogen-bond acceptors (Lipinski definition) is 1. The van der Waals surface area contributed by atoms with E-state index in [0.717, 1.165) is 0 Å². The monoisotopic (exact) mass is 110 g/mol. The Morgan fingerprint density at radius 1 is 1.25 bits per heavy atom. The molecule has 0 atom stereocenters. The fourth-order valence-corrected chi connectivity index (χ4v) is 0.513. The van der Waals surface area contributed by atoms with E-state index in [1.807, 2.05) is 12.2 Å². The fourth-order valence-electron chi connectivity index (χ4n) is 0.513. The molecule has 1 nitrogen and oxygen atoms in total. The smallest absolute Gasteiger partial charge is 0.140 e. The van der Waals surface area contributed by atoms with Gasteiger partial charge in [-0.2, -0.15) is 0 Å². The van der Waals surface area contributed by atoms with Gasteiger partial charge in [-0.15, -0.1) is 13.2 Å². The zero-order valence-corrected chi connectivity index (χ0v) is 4.89. The largest absolute Gasteiger partial charge is 0.299 e. The van der Waals surface area contributed by atoms with Gasteiger partial charge in [-0.05, 0) is 0 Å². The highest BCUT2D eigenvalue weighted by Crippen LogP contribution is 2.00. The molecule has 0 bridgehead atoms. The molecule has 44 valence electrons. The fraction of sp³-hybridized carbons (Fsp3) is 0.286. The van der Waals surface area contributed by atoms with E-state index in [9.17, 15) is 4.79 Å². The first kappa shape index (κ1) is 7.15. The van der Waals surface area contributed by atoms with Crippen molar-refractivity contribution in [3.8, 4) is 0 Å². The third-order valence-electron chi connectivity index (χ3n) is 0.858. The minimum absolute atomic E-state index is 0.343. The lowest BCUT2D eigenvalue weighted by atomic mass is 10.3. The summed E-state index contributed by atoms with van der Waals surface area (Å²) in [6.07, 6.45) is 5.14. The molecule has 0 saturated carbocycles. The molecule has 8 heavy (non-hydrogen) atoms. The Morgan fingerprint density at radius 2 is 1.62 bits per heavy atom. The van der Waals surface area contributed by atoms with Gasteiger partial charge >= 0.3 is 0 Å². The Labute approximate surface area is 49.7 Å². The molecule has 1 aliphatic carbocycles. The molecule has 0 heterocycles. The van der Waals surface area contributed by atoms with Crippen LogP contribution < -0.4 is 0 Å². The quantitative estimate of drug-likeness (QED) is 0.434. The van der Waals surface area contributed by atoms with Gasteiger partial charge in [0.15, 0.2) is 0 Å². The molecule has 0 N–H and O–H groups in total. The number of rotatable bonds is 0. The lowest BCUT2D eigenvalue weighted by molar-refractivity contribution is -0.116. The molecule has 0 fully saturated rings. The molecule has 0 spiro atoms. The summed E-state index contributed by atoms with van der Waals surface area (Å²) >= 11 is 0. The number of carbonyl (C=O) groups is 1. The molecular weight excluding hydrogens is 100 g/mol. The molecule has 1 aliphatic rings. The number of ketones is 1. The van der Waals surface area contributed by atoms with Crippen LogP contribution in [0.1, 0.15) is 12.8 Å². The molecule has 0 saturated heterocycles. The summed E-state index contributed by atoms with van der Waals surface area (Å²) in [4.78, 5) is 10.2. The molecule has 0 aromatic rings. The van der Waals surface area contributed by atoms with E-state index in [4.69, 9.17) is 0 Å². The predicted octanol–water partition coefficient (Wildman–Crippen LogP) is 1.71. The minimum Gasteiger partial charge on any atom is -0.299 e. The molecule has 0 unspecified atom stereocenters. The van der Waals surface area contributed by atoms with Crippen molar-refractivity contribution in [2.24, 2.45) is 0 Å². The summed E-state index contributed by atoms with van der Waals surface area (Å²) in [5.41, 5.74) is 0.